The molecule has 4 heteroatoms. The minimum atomic E-state index is -0.309. The first-order valence-electron chi connectivity index (χ1n) is 10.3. The van der Waals surface area contributed by atoms with E-state index in [1.165, 1.54) is 38.5 Å². The zero-order valence-corrected chi connectivity index (χ0v) is 16.6. The molecule has 4 nitrogen and oxygen atoms in total. The predicted octanol–water partition coefficient (Wildman–Crippen LogP) is 5.46. The van der Waals surface area contributed by atoms with Crippen molar-refractivity contribution < 1.29 is 9.53 Å². The van der Waals surface area contributed by atoms with Gasteiger partial charge in [-0.1, -0.05) is 19.8 Å². The van der Waals surface area contributed by atoms with E-state index in [1.807, 2.05) is 0 Å². The lowest BCUT2D eigenvalue weighted by Gasteiger charge is -2.37. The summed E-state index contributed by atoms with van der Waals surface area (Å²) in [6.45, 7) is 4.15. The van der Waals surface area contributed by atoms with Crippen LogP contribution in [0.1, 0.15) is 81.1 Å². The molecule has 2 fully saturated rings. The molecular formula is C23H32N2O2. The van der Waals surface area contributed by atoms with Crippen LogP contribution in [-0.2, 0) is 4.74 Å². The van der Waals surface area contributed by atoms with Crippen LogP contribution in [-0.4, -0.2) is 17.9 Å². The van der Waals surface area contributed by atoms with Gasteiger partial charge in [-0.2, -0.15) is 0 Å². The van der Waals surface area contributed by atoms with E-state index >= 15 is 0 Å². The summed E-state index contributed by atoms with van der Waals surface area (Å²) in [5, 5.41) is 7.27. The Kier molecular flexibility index (Phi) is 6.38. The molecule has 27 heavy (non-hydrogen) atoms. The van der Waals surface area contributed by atoms with E-state index in [0.717, 1.165) is 36.2 Å². The van der Waals surface area contributed by atoms with Gasteiger partial charge in [0.2, 0.25) is 0 Å². The van der Waals surface area contributed by atoms with Crippen LogP contribution in [0.4, 0.5) is 5.69 Å². The zero-order chi connectivity index (χ0) is 19.4. The normalized spacial score (nSPS) is 28.2. The number of nitrogens with one attached hydrogen (secondary N) is 1. The van der Waals surface area contributed by atoms with Crippen molar-refractivity contribution in [3.05, 3.63) is 29.3 Å². The van der Waals surface area contributed by atoms with Gasteiger partial charge in [0, 0.05) is 11.3 Å². The smallest absolute Gasteiger partial charge is 0.338 e. The Morgan fingerprint density at radius 2 is 1.56 bits per heavy atom. The van der Waals surface area contributed by atoms with Gasteiger partial charge in [-0.25, -0.2) is 4.79 Å². The topological polar surface area (TPSA) is 76.2 Å². The third-order valence-electron chi connectivity index (χ3n) is 6.53. The van der Waals surface area contributed by atoms with Crippen LogP contribution < -0.4 is 5.73 Å². The summed E-state index contributed by atoms with van der Waals surface area (Å²) in [7, 11) is 0. The van der Waals surface area contributed by atoms with Gasteiger partial charge in [0.1, 0.15) is 6.10 Å². The molecule has 2 aliphatic rings. The summed E-state index contributed by atoms with van der Waals surface area (Å²) in [6, 6.07) is 5.15. The van der Waals surface area contributed by atoms with Crippen molar-refractivity contribution in [1.29, 1.82) is 5.41 Å². The molecule has 0 unspecified atom stereocenters. The molecule has 0 aromatic heterocycles. The molecule has 2 saturated carbocycles. The Bertz CT molecular complexity index is 720. The molecule has 0 atom stereocenters. The van der Waals surface area contributed by atoms with Gasteiger partial charge in [-0.05, 0) is 92.8 Å². The summed E-state index contributed by atoms with van der Waals surface area (Å²) >= 11 is 0. The first kappa shape index (κ1) is 19.7. The van der Waals surface area contributed by atoms with Crippen LogP contribution in [0.25, 0.3) is 5.57 Å². The minimum absolute atomic E-state index is 0.0144. The maximum Gasteiger partial charge on any atom is 0.338 e. The molecule has 0 saturated heterocycles. The molecule has 0 aliphatic heterocycles. The van der Waals surface area contributed by atoms with Crippen molar-refractivity contribution in [3.8, 4) is 0 Å². The van der Waals surface area contributed by atoms with E-state index in [1.54, 1.807) is 25.1 Å². The number of benzene rings is 1. The second-order valence-corrected chi connectivity index (χ2v) is 8.56. The predicted molar refractivity (Wildman–Crippen MR) is 110 cm³/mol. The van der Waals surface area contributed by atoms with E-state index in [2.05, 4.69) is 12.8 Å². The second-order valence-electron chi connectivity index (χ2n) is 8.56. The minimum Gasteiger partial charge on any atom is -0.459 e. The first-order chi connectivity index (χ1) is 13.0. The van der Waals surface area contributed by atoms with E-state index < -0.39 is 0 Å². The van der Waals surface area contributed by atoms with Gasteiger partial charge in [0.25, 0.3) is 0 Å². The number of ether oxygens (including phenoxy) is 1. The highest BCUT2D eigenvalue weighted by Gasteiger charge is 2.31. The molecule has 146 valence electrons. The van der Waals surface area contributed by atoms with Crippen molar-refractivity contribution in [3.63, 3.8) is 0 Å². The lowest BCUT2D eigenvalue weighted by molar-refractivity contribution is 0.0111. The number of hydrogen-bond donors (Lipinski definition) is 2. The molecule has 1 aromatic rings. The molecule has 0 heterocycles. The van der Waals surface area contributed by atoms with Crippen LogP contribution in [0.2, 0.25) is 0 Å². The molecule has 0 radical (unpaired) electrons. The Morgan fingerprint density at radius 1 is 1.00 bits per heavy atom. The SMILES string of the molecule is CC(=C=N)c1cc(N)cc(C(=O)OC2CCC(C3CCC(C)CC3)CC2)c1. The summed E-state index contributed by atoms with van der Waals surface area (Å²) in [5.74, 6) is 4.63. The van der Waals surface area contributed by atoms with Gasteiger partial charge in [0.15, 0.2) is 0 Å². The fraction of sp³-hybridized carbons (Fsp3) is 0.609. The number of rotatable bonds is 4. The lowest BCUT2D eigenvalue weighted by Crippen LogP contribution is -2.29. The van der Waals surface area contributed by atoms with E-state index in [4.69, 9.17) is 15.9 Å². The number of esters is 1. The van der Waals surface area contributed by atoms with Crippen molar-refractivity contribution in [2.24, 2.45) is 17.8 Å². The lowest BCUT2D eigenvalue weighted by atomic mass is 9.71. The fourth-order valence-corrected chi connectivity index (χ4v) is 4.71. The zero-order valence-electron chi connectivity index (χ0n) is 16.6. The van der Waals surface area contributed by atoms with Crippen LogP contribution in [0.15, 0.2) is 18.2 Å². The van der Waals surface area contributed by atoms with Crippen molar-refractivity contribution in [2.75, 3.05) is 5.73 Å². The molecule has 0 amide bonds. The van der Waals surface area contributed by atoms with Gasteiger partial charge in [0.05, 0.1) is 5.56 Å². The third-order valence-corrected chi connectivity index (χ3v) is 6.53. The Balaban J connectivity index is 1.55. The maximum atomic E-state index is 12.6. The number of carbonyl (C=O) groups excluding carboxylic acids is 1. The average molecular weight is 369 g/mol. The maximum absolute atomic E-state index is 12.6. The number of nitrogen functional groups attached to an aromatic ring is 1. The number of hydrogen-bond acceptors (Lipinski definition) is 4. The molecule has 0 spiro atoms. The summed E-state index contributed by atoms with van der Waals surface area (Å²) in [4.78, 5) is 12.6. The largest absolute Gasteiger partial charge is 0.459 e. The summed E-state index contributed by atoms with van der Waals surface area (Å²) in [6.07, 6.45) is 9.81. The highest BCUT2D eigenvalue weighted by Crippen LogP contribution is 2.40. The van der Waals surface area contributed by atoms with Crippen molar-refractivity contribution in [2.45, 2.75) is 71.3 Å². The van der Waals surface area contributed by atoms with Gasteiger partial charge in [-0.3, -0.25) is 5.41 Å². The number of nitrogens with two attached hydrogens (primary N) is 1. The van der Waals surface area contributed by atoms with Crippen LogP contribution >= 0.6 is 0 Å². The van der Waals surface area contributed by atoms with E-state index in [0.29, 0.717) is 16.8 Å². The monoisotopic (exact) mass is 368 g/mol. The molecule has 3 N–H and O–H groups in total. The number of anilines is 1. The van der Waals surface area contributed by atoms with E-state index in [-0.39, 0.29) is 12.1 Å². The molecule has 2 aliphatic carbocycles. The van der Waals surface area contributed by atoms with Crippen molar-refractivity contribution >= 4 is 23.1 Å². The van der Waals surface area contributed by atoms with Crippen molar-refractivity contribution in [1.82, 2.24) is 0 Å². The average Bonchev–Trinajstić information content (AvgIpc) is 2.68. The van der Waals surface area contributed by atoms with Gasteiger partial charge in [-0.15, -0.1) is 0 Å². The van der Waals surface area contributed by atoms with E-state index in [9.17, 15) is 4.79 Å². The highest BCUT2D eigenvalue weighted by molar-refractivity contribution is 5.94. The number of allylic oxidation sites excluding steroid dienone is 1. The van der Waals surface area contributed by atoms with Crippen LogP contribution in [0, 0.1) is 23.2 Å². The van der Waals surface area contributed by atoms with Gasteiger partial charge < -0.3 is 10.5 Å². The standard InChI is InChI=1S/C23H32N2O2/c1-15-3-5-17(6-4-15)18-7-9-22(10-8-18)27-23(26)20-11-19(16(2)14-24)12-21(25)13-20/h11-13,15,17-18,22,24H,3-10,25H2,1-2H3. The molecular weight excluding hydrogens is 336 g/mol. The highest BCUT2D eigenvalue weighted by atomic mass is 16.5. The Hall–Kier alpha value is -2.06. The second kappa shape index (κ2) is 8.75. The quantitative estimate of drug-likeness (QED) is 0.421. The van der Waals surface area contributed by atoms with Crippen LogP contribution in [0.3, 0.4) is 0 Å². The molecule has 3 rings (SSSR count). The van der Waals surface area contributed by atoms with Crippen LogP contribution in [0.5, 0.6) is 0 Å². The fourth-order valence-electron chi connectivity index (χ4n) is 4.71. The first-order valence-corrected chi connectivity index (χ1v) is 10.3. The third kappa shape index (κ3) is 5.01. The number of carbonyl (C=O) groups is 1. The summed E-state index contributed by atoms with van der Waals surface area (Å²) < 4.78 is 5.78. The Labute approximate surface area is 162 Å². The summed E-state index contributed by atoms with van der Waals surface area (Å²) in [5.41, 5.74) is 8.28. The molecule has 0 bridgehead atoms. The Morgan fingerprint density at radius 3 is 2.15 bits per heavy atom. The van der Waals surface area contributed by atoms with Gasteiger partial charge >= 0.3 is 5.97 Å². The molecule has 1 aromatic carbocycles.